The molecule has 8 aromatic rings. The molecule has 2 aromatic heterocycles. The molecule has 6 aromatic carbocycles. The Hall–Kier alpha value is -5.25. The van der Waals surface area contributed by atoms with Gasteiger partial charge in [0.1, 0.15) is 0 Å². The van der Waals surface area contributed by atoms with E-state index < -0.39 is 10.0 Å². The molecule has 0 aliphatic heterocycles. The molecule has 0 spiro atoms. The molecule has 0 saturated heterocycles. The van der Waals surface area contributed by atoms with Crippen LogP contribution < -0.4 is 0 Å². The van der Waals surface area contributed by atoms with Crippen LogP contribution in [0.3, 0.4) is 0 Å². The summed E-state index contributed by atoms with van der Waals surface area (Å²) in [6.07, 6.45) is 1.87. The molecule has 0 N–H and O–H groups in total. The van der Waals surface area contributed by atoms with Crippen LogP contribution >= 0.6 is 10.0 Å². The molecule has 204 valence electrons. The van der Waals surface area contributed by atoms with Gasteiger partial charge < -0.3 is 0 Å². The van der Waals surface area contributed by atoms with Crippen molar-refractivity contribution in [3.8, 4) is 11.3 Å². The zero-order chi connectivity index (χ0) is 28.6. The van der Waals surface area contributed by atoms with Crippen molar-refractivity contribution >= 4 is 42.6 Å². The zero-order valence-corrected chi connectivity index (χ0v) is 24.3. The van der Waals surface area contributed by atoms with Gasteiger partial charge in [0.25, 0.3) is 0 Å². The molecule has 0 aliphatic carbocycles. The first-order chi connectivity index (χ1) is 21.3. The van der Waals surface area contributed by atoms with E-state index in [0.717, 1.165) is 43.8 Å². The second-order valence-corrected chi connectivity index (χ2v) is 13.7. The third-order valence-electron chi connectivity index (χ3n) is 8.20. The molecule has 43 heavy (non-hydrogen) atoms. The lowest BCUT2D eigenvalue weighted by molar-refractivity contribution is 1.24. The Morgan fingerprint density at radius 3 is 1.47 bits per heavy atom. The van der Waals surface area contributed by atoms with E-state index in [0.29, 0.717) is 0 Å². The maximum Gasteiger partial charge on any atom is 0.0795 e. The van der Waals surface area contributed by atoms with Crippen LogP contribution in [0.1, 0.15) is 0 Å². The highest BCUT2D eigenvalue weighted by atomic mass is 32.3. The van der Waals surface area contributed by atoms with E-state index in [1.165, 1.54) is 19.6 Å². The molecule has 8 rings (SSSR count). The van der Waals surface area contributed by atoms with Crippen molar-refractivity contribution in [1.82, 2.24) is 9.97 Å². The fourth-order valence-electron chi connectivity index (χ4n) is 6.31. The SMILES string of the molecule is c1ccc(S(c2ccccc2)(c2ccccc2)c2cccc(-c3ccc4c5cccnc5c5ccccc5c4n3)c2)cc1. The van der Waals surface area contributed by atoms with E-state index in [9.17, 15) is 0 Å². The van der Waals surface area contributed by atoms with Crippen LogP contribution in [-0.4, -0.2) is 9.97 Å². The normalized spacial score (nSPS) is 12.1. The first kappa shape index (κ1) is 25.5. The Morgan fingerprint density at radius 1 is 0.372 bits per heavy atom. The monoisotopic (exact) mass is 568 g/mol. The van der Waals surface area contributed by atoms with Gasteiger partial charge in [-0.15, -0.1) is 10.0 Å². The first-order valence-corrected chi connectivity index (χ1v) is 16.1. The van der Waals surface area contributed by atoms with Gasteiger partial charge in [-0.3, -0.25) is 4.98 Å². The summed E-state index contributed by atoms with van der Waals surface area (Å²) >= 11 is 0. The molecule has 3 heteroatoms. The molecule has 0 aliphatic rings. The maximum absolute atomic E-state index is 5.35. The second kappa shape index (κ2) is 10.5. The highest BCUT2D eigenvalue weighted by Crippen LogP contribution is 2.73. The number of fused-ring (bicyclic) bond motifs is 6. The molecular formula is C40H28N2S. The molecule has 2 heterocycles. The number of hydrogen-bond donors (Lipinski definition) is 0. The summed E-state index contributed by atoms with van der Waals surface area (Å²) < 4.78 is 0. The Labute approximate surface area is 252 Å². The van der Waals surface area contributed by atoms with Crippen molar-refractivity contribution in [3.05, 3.63) is 170 Å². The van der Waals surface area contributed by atoms with Crippen LogP contribution in [0.15, 0.2) is 190 Å². The standard InChI is InChI=1S/C40H28N2S/c1-4-15-30(16-5-1)43(31-17-6-2-7-18-31,32-19-8-3-9-20-32)33-21-12-14-29(28-33)38-26-25-37-35-24-13-27-41-39(35)34-22-10-11-23-36(34)40(37)42-38/h1-28H. The largest absolute Gasteiger partial charge is 0.256 e. The van der Waals surface area contributed by atoms with E-state index in [4.69, 9.17) is 9.97 Å². The van der Waals surface area contributed by atoms with Crippen molar-refractivity contribution in [3.63, 3.8) is 0 Å². The number of nitrogens with zero attached hydrogens (tertiary/aromatic N) is 2. The summed E-state index contributed by atoms with van der Waals surface area (Å²) in [5, 5.41) is 4.51. The van der Waals surface area contributed by atoms with Crippen molar-refractivity contribution in [2.24, 2.45) is 0 Å². The fraction of sp³-hybridized carbons (Fsp3) is 0. The number of aromatic nitrogens is 2. The smallest absolute Gasteiger partial charge is 0.0795 e. The first-order valence-electron chi connectivity index (χ1n) is 14.5. The highest BCUT2D eigenvalue weighted by molar-refractivity contribution is 8.34. The van der Waals surface area contributed by atoms with Crippen LogP contribution in [0.25, 0.3) is 43.8 Å². The predicted octanol–water partition coefficient (Wildman–Crippen LogP) is 10.9. The Balaban J connectivity index is 1.40. The minimum absolute atomic E-state index is 0.963. The van der Waals surface area contributed by atoms with Gasteiger partial charge in [-0.2, -0.15) is 0 Å². The molecule has 0 bridgehead atoms. The summed E-state index contributed by atoms with van der Waals surface area (Å²) in [6.45, 7) is 0. The van der Waals surface area contributed by atoms with Gasteiger partial charge in [0, 0.05) is 52.9 Å². The minimum Gasteiger partial charge on any atom is -0.256 e. The lowest BCUT2D eigenvalue weighted by Gasteiger charge is -2.42. The van der Waals surface area contributed by atoms with E-state index in [1.807, 2.05) is 12.3 Å². The van der Waals surface area contributed by atoms with Gasteiger partial charge in [-0.25, -0.2) is 4.98 Å². The van der Waals surface area contributed by atoms with Crippen LogP contribution in [0.4, 0.5) is 0 Å². The summed E-state index contributed by atoms with van der Waals surface area (Å²) in [4.78, 5) is 15.3. The van der Waals surface area contributed by atoms with Crippen LogP contribution in [0.2, 0.25) is 0 Å². The average molecular weight is 569 g/mol. The summed E-state index contributed by atoms with van der Waals surface area (Å²) in [7, 11) is -1.78. The molecule has 0 atom stereocenters. The number of rotatable bonds is 5. The van der Waals surface area contributed by atoms with Crippen molar-refractivity contribution in [2.45, 2.75) is 19.6 Å². The van der Waals surface area contributed by atoms with E-state index >= 15 is 0 Å². The molecule has 0 fully saturated rings. The molecule has 0 radical (unpaired) electrons. The van der Waals surface area contributed by atoms with Gasteiger partial charge in [0.2, 0.25) is 0 Å². The number of pyridine rings is 2. The summed E-state index contributed by atoms with van der Waals surface area (Å²) in [5.41, 5.74) is 4.09. The molecular weight excluding hydrogens is 541 g/mol. The molecule has 0 unspecified atom stereocenters. The van der Waals surface area contributed by atoms with E-state index in [-0.39, 0.29) is 0 Å². The Morgan fingerprint density at radius 2 is 0.860 bits per heavy atom. The van der Waals surface area contributed by atoms with Gasteiger partial charge >= 0.3 is 0 Å². The Kier molecular flexibility index (Phi) is 6.24. The predicted molar refractivity (Wildman–Crippen MR) is 180 cm³/mol. The fourth-order valence-corrected chi connectivity index (χ4v) is 10.2. The van der Waals surface area contributed by atoms with Gasteiger partial charge in [-0.1, -0.05) is 97.1 Å². The van der Waals surface area contributed by atoms with E-state index in [1.54, 1.807) is 0 Å². The topological polar surface area (TPSA) is 25.8 Å². The molecule has 0 saturated carbocycles. The second-order valence-electron chi connectivity index (χ2n) is 10.6. The number of benzene rings is 6. The van der Waals surface area contributed by atoms with Gasteiger partial charge in [0.15, 0.2) is 0 Å². The number of hydrogen-bond acceptors (Lipinski definition) is 2. The Bertz CT molecular complexity index is 2100. The summed E-state index contributed by atoms with van der Waals surface area (Å²) in [6, 6.07) is 58.9. The van der Waals surface area contributed by atoms with Crippen molar-refractivity contribution < 1.29 is 0 Å². The van der Waals surface area contributed by atoms with Crippen molar-refractivity contribution in [2.75, 3.05) is 0 Å². The third-order valence-corrected chi connectivity index (χ3v) is 12.1. The van der Waals surface area contributed by atoms with Crippen LogP contribution in [-0.2, 0) is 0 Å². The zero-order valence-electron chi connectivity index (χ0n) is 23.5. The van der Waals surface area contributed by atoms with Gasteiger partial charge in [-0.05, 0) is 66.7 Å². The lowest BCUT2D eigenvalue weighted by Crippen LogP contribution is -2.05. The highest BCUT2D eigenvalue weighted by Gasteiger charge is 2.33. The van der Waals surface area contributed by atoms with Crippen LogP contribution in [0.5, 0.6) is 0 Å². The van der Waals surface area contributed by atoms with E-state index in [2.05, 4.69) is 158 Å². The van der Waals surface area contributed by atoms with Gasteiger partial charge in [0.05, 0.1) is 16.7 Å². The minimum atomic E-state index is -1.78. The molecule has 2 nitrogen and oxygen atoms in total. The maximum atomic E-state index is 5.35. The molecule has 0 amide bonds. The quantitative estimate of drug-likeness (QED) is 0.193. The van der Waals surface area contributed by atoms with Crippen LogP contribution in [0, 0.1) is 0 Å². The summed E-state index contributed by atoms with van der Waals surface area (Å²) in [5.74, 6) is 0. The van der Waals surface area contributed by atoms with Crippen molar-refractivity contribution in [1.29, 1.82) is 0 Å². The lowest BCUT2D eigenvalue weighted by atomic mass is 9.99. The third kappa shape index (κ3) is 4.12. The average Bonchev–Trinajstić information content (AvgIpc) is 3.10.